The molecule has 1 aromatic rings. The fraction of sp³-hybridized carbons (Fsp3) is 0.688. The minimum absolute atomic E-state index is 0.869. The predicted molar refractivity (Wildman–Crippen MR) is 80.1 cm³/mol. The number of hydrogen-bond acceptors (Lipinski definition) is 3. The van der Waals surface area contributed by atoms with Crippen molar-refractivity contribution in [1.82, 2.24) is 15.2 Å². The molecule has 1 N–H and O–H groups in total. The molecule has 0 radical (unpaired) electrons. The third kappa shape index (κ3) is 4.92. The molecule has 0 amide bonds. The first-order valence-corrected chi connectivity index (χ1v) is 7.63. The monoisotopic (exact) mass is 261 g/mol. The van der Waals surface area contributed by atoms with Crippen LogP contribution in [0.4, 0.5) is 0 Å². The number of nitrogens with one attached hydrogen (secondary N) is 1. The summed E-state index contributed by atoms with van der Waals surface area (Å²) in [5, 5.41) is 3.55. The van der Waals surface area contributed by atoms with E-state index in [-0.39, 0.29) is 0 Å². The van der Waals surface area contributed by atoms with E-state index in [0.29, 0.717) is 0 Å². The van der Waals surface area contributed by atoms with Gasteiger partial charge in [-0.15, -0.1) is 0 Å². The number of likely N-dealkylation sites (tertiary alicyclic amines) is 1. The summed E-state index contributed by atoms with van der Waals surface area (Å²) < 4.78 is 0. The zero-order chi connectivity index (χ0) is 13.5. The van der Waals surface area contributed by atoms with E-state index in [4.69, 9.17) is 0 Å². The number of piperidine rings is 1. The molecule has 1 saturated heterocycles. The van der Waals surface area contributed by atoms with Crippen LogP contribution in [0.5, 0.6) is 0 Å². The molecule has 3 heteroatoms. The third-order valence-corrected chi connectivity index (χ3v) is 3.90. The van der Waals surface area contributed by atoms with Gasteiger partial charge in [0.15, 0.2) is 0 Å². The van der Waals surface area contributed by atoms with Crippen LogP contribution in [-0.2, 0) is 6.54 Å². The van der Waals surface area contributed by atoms with Crippen molar-refractivity contribution in [3.63, 3.8) is 0 Å². The lowest BCUT2D eigenvalue weighted by Gasteiger charge is -2.31. The Morgan fingerprint density at radius 3 is 2.79 bits per heavy atom. The van der Waals surface area contributed by atoms with Crippen LogP contribution in [0.25, 0.3) is 0 Å². The molecule has 1 aromatic heterocycles. The maximum atomic E-state index is 4.59. The molecule has 0 aromatic carbocycles. The highest BCUT2D eigenvalue weighted by Crippen LogP contribution is 2.18. The van der Waals surface area contributed by atoms with Crippen LogP contribution in [0.15, 0.2) is 18.2 Å². The highest BCUT2D eigenvalue weighted by atomic mass is 15.1. The van der Waals surface area contributed by atoms with Crippen LogP contribution < -0.4 is 5.32 Å². The van der Waals surface area contributed by atoms with Crippen molar-refractivity contribution in [3.05, 3.63) is 29.6 Å². The minimum atomic E-state index is 0.869. The maximum Gasteiger partial charge on any atom is 0.0547 e. The first-order valence-electron chi connectivity index (χ1n) is 7.63. The van der Waals surface area contributed by atoms with E-state index in [0.717, 1.165) is 24.7 Å². The van der Waals surface area contributed by atoms with Gasteiger partial charge in [-0.2, -0.15) is 0 Å². The molecule has 19 heavy (non-hydrogen) atoms. The predicted octanol–water partition coefficient (Wildman–Crippen LogP) is 2.60. The van der Waals surface area contributed by atoms with Gasteiger partial charge in [0.1, 0.15) is 0 Å². The van der Waals surface area contributed by atoms with Crippen LogP contribution in [-0.4, -0.2) is 36.1 Å². The Morgan fingerprint density at radius 1 is 1.32 bits per heavy atom. The lowest BCUT2D eigenvalue weighted by Crippen LogP contribution is -2.37. The van der Waals surface area contributed by atoms with Gasteiger partial charge < -0.3 is 5.32 Å². The van der Waals surface area contributed by atoms with Gasteiger partial charge in [0, 0.05) is 12.2 Å². The highest BCUT2D eigenvalue weighted by Gasteiger charge is 2.18. The Morgan fingerprint density at radius 2 is 2.11 bits per heavy atom. The summed E-state index contributed by atoms with van der Waals surface area (Å²) in [6.45, 7) is 10.1. The van der Waals surface area contributed by atoms with Gasteiger partial charge in [0.2, 0.25) is 0 Å². The molecule has 3 nitrogen and oxygen atoms in total. The summed E-state index contributed by atoms with van der Waals surface area (Å²) in [6.07, 6.45) is 3.88. The normalized spacial score (nSPS) is 17.8. The zero-order valence-electron chi connectivity index (χ0n) is 12.4. The SMILES string of the molecule is CCCNCC1CCN(Cc2cccc(C)n2)CC1. The lowest BCUT2D eigenvalue weighted by molar-refractivity contribution is 0.174. The molecule has 2 rings (SSSR count). The van der Waals surface area contributed by atoms with E-state index in [9.17, 15) is 0 Å². The molecule has 2 heterocycles. The number of rotatable bonds is 6. The fourth-order valence-corrected chi connectivity index (χ4v) is 2.75. The summed E-state index contributed by atoms with van der Waals surface area (Å²) in [6, 6.07) is 6.32. The number of hydrogen-bond donors (Lipinski definition) is 1. The van der Waals surface area contributed by atoms with E-state index in [1.165, 1.54) is 44.6 Å². The highest BCUT2D eigenvalue weighted by molar-refractivity contribution is 5.09. The molecule has 0 bridgehead atoms. The van der Waals surface area contributed by atoms with Crippen molar-refractivity contribution in [3.8, 4) is 0 Å². The summed E-state index contributed by atoms with van der Waals surface area (Å²) in [7, 11) is 0. The quantitative estimate of drug-likeness (QED) is 0.798. The van der Waals surface area contributed by atoms with Gasteiger partial charge in [-0.05, 0) is 70.4 Å². The van der Waals surface area contributed by atoms with Gasteiger partial charge in [0.25, 0.3) is 0 Å². The molecule has 1 aliphatic rings. The second-order valence-corrected chi connectivity index (χ2v) is 5.69. The second kappa shape index (κ2) is 7.61. The second-order valence-electron chi connectivity index (χ2n) is 5.69. The van der Waals surface area contributed by atoms with E-state index in [1.807, 2.05) is 0 Å². The van der Waals surface area contributed by atoms with E-state index >= 15 is 0 Å². The van der Waals surface area contributed by atoms with Crippen molar-refractivity contribution >= 4 is 0 Å². The average molecular weight is 261 g/mol. The summed E-state index contributed by atoms with van der Waals surface area (Å²) >= 11 is 0. The Bertz CT molecular complexity index is 370. The Balaban J connectivity index is 1.71. The first-order chi connectivity index (χ1) is 9.28. The van der Waals surface area contributed by atoms with Crippen molar-refractivity contribution in [2.75, 3.05) is 26.2 Å². The van der Waals surface area contributed by atoms with Crippen LogP contribution in [0.3, 0.4) is 0 Å². The van der Waals surface area contributed by atoms with Crippen LogP contribution in [0, 0.1) is 12.8 Å². The van der Waals surface area contributed by atoms with Crippen LogP contribution in [0.1, 0.15) is 37.6 Å². The first kappa shape index (κ1) is 14.5. The van der Waals surface area contributed by atoms with E-state index < -0.39 is 0 Å². The molecule has 0 aliphatic carbocycles. The smallest absolute Gasteiger partial charge is 0.0547 e. The fourth-order valence-electron chi connectivity index (χ4n) is 2.75. The van der Waals surface area contributed by atoms with Crippen LogP contribution in [0.2, 0.25) is 0 Å². The average Bonchev–Trinajstić information content (AvgIpc) is 2.41. The largest absolute Gasteiger partial charge is 0.316 e. The topological polar surface area (TPSA) is 28.2 Å². The molecule has 0 unspecified atom stereocenters. The molecule has 0 atom stereocenters. The molecule has 1 fully saturated rings. The molecule has 106 valence electrons. The van der Waals surface area contributed by atoms with Gasteiger partial charge in [-0.1, -0.05) is 13.0 Å². The Hall–Kier alpha value is -0.930. The van der Waals surface area contributed by atoms with Gasteiger partial charge in [-0.25, -0.2) is 0 Å². The van der Waals surface area contributed by atoms with E-state index in [1.54, 1.807) is 0 Å². The lowest BCUT2D eigenvalue weighted by atomic mass is 9.96. The third-order valence-electron chi connectivity index (χ3n) is 3.90. The molecule has 1 aliphatic heterocycles. The molecular weight excluding hydrogens is 234 g/mol. The summed E-state index contributed by atoms with van der Waals surface area (Å²) in [5.74, 6) is 0.869. The van der Waals surface area contributed by atoms with E-state index in [2.05, 4.69) is 47.2 Å². The number of nitrogens with zero attached hydrogens (tertiary/aromatic N) is 2. The van der Waals surface area contributed by atoms with Crippen molar-refractivity contribution in [2.24, 2.45) is 5.92 Å². The molecule has 0 spiro atoms. The summed E-state index contributed by atoms with van der Waals surface area (Å²) in [4.78, 5) is 7.13. The Kier molecular flexibility index (Phi) is 5.80. The van der Waals surface area contributed by atoms with Gasteiger partial charge in [0.05, 0.1) is 5.69 Å². The number of pyridine rings is 1. The maximum absolute atomic E-state index is 4.59. The van der Waals surface area contributed by atoms with Crippen molar-refractivity contribution < 1.29 is 0 Å². The molecular formula is C16H27N3. The number of aromatic nitrogens is 1. The van der Waals surface area contributed by atoms with Gasteiger partial charge >= 0.3 is 0 Å². The van der Waals surface area contributed by atoms with Crippen LogP contribution >= 0.6 is 0 Å². The zero-order valence-corrected chi connectivity index (χ0v) is 12.4. The van der Waals surface area contributed by atoms with Crippen molar-refractivity contribution in [1.29, 1.82) is 0 Å². The van der Waals surface area contributed by atoms with Crippen molar-refractivity contribution in [2.45, 2.75) is 39.7 Å². The standard InChI is InChI=1S/C16H27N3/c1-3-9-17-12-15-7-10-19(11-8-15)13-16-6-4-5-14(2)18-16/h4-6,15,17H,3,7-13H2,1-2H3. The minimum Gasteiger partial charge on any atom is -0.316 e. The van der Waals surface area contributed by atoms with Gasteiger partial charge in [-0.3, -0.25) is 9.88 Å². The summed E-state index contributed by atoms with van der Waals surface area (Å²) in [5.41, 5.74) is 2.33. The molecule has 0 saturated carbocycles. The Labute approximate surface area is 117 Å². The number of aryl methyl sites for hydroxylation is 1.